The Morgan fingerprint density at radius 1 is 1.29 bits per heavy atom. The van der Waals surface area contributed by atoms with Gasteiger partial charge in [0.15, 0.2) is 6.23 Å². The second-order valence-corrected chi connectivity index (χ2v) is 6.63. The highest BCUT2D eigenvalue weighted by Crippen LogP contribution is 2.37. The molecule has 1 unspecified atom stereocenters. The number of carbonyl (C=O) groups is 1. The van der Waals surface area contributed by atoms with Gasteiger partial charge in [0.25, 0.3) is 0 Å². The molecule has 1 saturated carbocycles. The lowest BCUT2D eigenvalue weighted by Crippen LogP contribution is -2.34. The van der Waals surface area contributed by atoms with E-state index in [9.17, 15) is 9.90 Å². The van der Waals surface area contributed by atoms with Gasteiger partial charge in [0, 0.05) is 20.1 Å². The van der Waals surface area contributed by atoms with E-state index in [2.05, 4.69) is 10.2 Å². The van der Waals surface area contributed by atoms with E-state index >= 15 is 0 Å². The largest absolute Gasteiger partial charge is 0.381 e. The molecule has 1 atom stereocenters. The normalized spacial score (nSPS) is 30.2. The zero-order valence-electron chi connectivity index (χ0n) is 12.2. The number of aliphatic hydroxyl groups is 1. The van der Waals surface area contributed by atoms with E-state index in [1.165, 1.54) is 21.1 Å². The van der Waals surface area contributed by atoms with Crippen LogP contribution in [0.1, 0.15) is 36.6 Å². The number of nitrogens with zero attached hydrogens (tertiary/aromatic N) is 4. The molecule has 0 spiro atoms. The first-order chi connectivity index (χ1) is 10.1. The number of likely N-dealkylation sites (N-methyl/N-ethyl adjacent to an activating group) is 1. The predicted octanol–water partition coefficient (Wildman–Crippen LogP) is 1.40. The van der Waals surface area contributed by atoms with Crippen LogP contribution in [-0.2, 0) is 4.74 Å². The Morgan fingerprint density at radius 3 is 2.57 bits per heavy atom. The van der Waals surface area contributed by atoms with E-state index in [0.717, 1.165) is 30.7 Å². The summed E-state index contributed by atoms with van der Waals surface area (Å²) in [4.78, 5) is 14.8. The summed E-state index contributed by atoms with van der Waals surface area (Å²) in [6.45, 7) is 0.298. The number of hydrogen-bond donors (Lipinski definition) is 1. The van der Waals surface area contributed by atoms with E-state index in [1.807, 2.05) is 0 Å². The minimum atomic E-state index is -0.840. The number of aromatic nitrogens is 2. The quantitative estimate of drug-likeness (QED) is 0.912. The van der Waals surface area contributed by atoms with Gasteiger partial charge >= 0.3 is 6.03 Å². The second-order valence-electron chi connectivity index (χ2n) is 5.65. The molecule has 1 saturated heterocycles. The number of ether oxygens (including phenoxy) is 1. The Hall–Kier alpha value is -1.25. The van der Waals surface area contributed by atoms with Gasteiger partial charge in [-0.1, -0.05) is 11.3 Å². The number of rotatable bonds is 3. The molecule has 7 nitrogen and oxygen atoms in total. The van der Waals surface area contributed by atoms with Gasteiger partial charge in [-0.05, 0) is 25.7 Å². The topological polar surface area (TPSA) is 78.8 Å². The Balaban J connectivity index is 1.71. The Morgan fingerprint density at radius 2 is 2.00 bits per heavy atom. The van der Waals surface area contributed by atoms with Crippen LogP contribution in [0.2, 0.25) is 0 Å². The molecule has 8 heteroatoms. The number of β-amino-alcohol motifs (C(OH)–C–C–N with tert-alkyl or cyclic N) is 1. The zero-order chi connectivity index (χ0) is 15.0. The fourth-order valence-electron chi connectivity index (χ4n) is 2.96. The Bertz CT molecular complexity index is 515. The van der Waals surface area contributed by atoms with Crippen LogP contribution in [0.25, 0.3) is 0 Å². The lowest BCUT2D eigenvalue weighted by Gasteiger charge is -2.25. The van der Waals surface area contributed by atoms with Gasteiger partial charge in [-0.3, -0.25) is 0 Å². The molecule has 2 heterocycles. The number of aliphatic hydroxyl groups excluding tert-OH is 1. The van der Waals surface area contributed by atoms with Crippen molar-refractivity contribution in [2.75, 3.05) is 25.6 Å². The smallest absolute Gasteiger partial charge is 0.328 e. The molecule has 0 radical (unpaired) electrons. The summed E-state index contributed by atoms with van der Waals surface area (Å²) in [5.74, 6) is 0.384. The first-order valence-corrected chi connectivity index (χ1v) is 8.00. The van der Waals surface area contributed by atoms with E-state index in [-0.39, 0.29) is 6.03 Å². The summed E-state index contributed by atoms with van der Waals surface area (Å²) in [6.07, 6.45) is 3.64. The van der Waals surface area contributed by atoms with Crippen LogP contribution < -0.4 is 4.90 Å². The summed E-state index contributed by atoms with van der Waals surface area (Å²) in [5, 5.41) is 19.7. The van der Waals surface area contributed by atoms with Crippen molar-refractivity contribution in [1.29, 1.82) is 0 Å². The van der Waals surface area contributed by atoms with Crippen LogP contribution in [0, 0.1) is 0 Å². The number of anilines is 1. The van der Waals surface area contributed by atoms with Crippen molar-refractivity contribution >= 4 is 22.5 Å². The van der Waals surface area contributed by atoms with Crippen molar-refractivity contribution in [3.05, 3.63) is 5.01 Å². The summed E-state index contributed by atoms with van der Waals surface area (Å²) in [6, 6.07) is -0.228. The number of amides is 2. The molecule has 21 heavy (non-hydrogen) atoms. The third-order valence-electron chi connectivity index (χ3n) is 4.26. The molecule has 2 aliphatic rings. The van der Waals surface area contributed by atoms with Gasteiger partial charge < -0.3 is 14.7 Å². The summed E-state index contributed by atoms with van der Waals surface area (Å²) in [5.41, 5.74) is 0. The Labute approximate surface area is 127 Å². The molecule has 1 aromatic heterocycles. The molecular weight excluding hydrogens is 292 g/mol. The van der Waals surface area contributed by atoms with Gasteiger partial charge in [0.05, 0.1) is 12.6 Å². The van der Waals surface area contributed by atoms with Crippen molar-refractivity contribution in [1.82, 2.24) is 15.1 Å². The van der Waals surface area contributed by atoms with Crippen molar-refractivity contribution < 1.29 is 14.6 Å². The molecule has 116 valence electrons. The standard InChI is InChI=1S/C13H20N4O3S/c1-16-7-10(18)17(13(16)19)12-15-14-11(21-12)8-3-5-9(20-2)6-4-8/h8-10,18H,3-7H2,1-2H3. The number of hydrogen-bond acceptors (Lipinski definition) is 6. The third-order valence-corrected chi connectivity index (χ3v) is 5.35. The molecule has 1 N–H and O–H groups in total. The Kier molecular flexibility index (Phi) is 4.10. The van der Waals surface area contributed by atoms with Crippen molar-refractivity contribution in [3.8, 4) is 0 Å². The molecule has 0 bridgehead atoms. The maximum Gasteiger partial charge on any atom is 0.328 e. The van der Waals surface area contributed by atoms with Gasteiger partial charge in [-0.2, -0.15) is 0 Å². The molecule has 2 fully saturated rings. The minimum Gasteiger partial charge on any atom is -0.381 e. The van der Waals surface area contributed by atoms with Crippen molar-refractivity contribution in [2.45, 2.75) is 43.9 Å². The highest BCUT2D eigenvalue weighted by molar-refractivity contribution is 7.15. The maximum absolute atomic E-state index is 12.0. The monoisotopic (exact) mass is 312 g/mol. The van der Waals surface area contributed by atoms with Crippen LogP contribution in [0.5, 0.6) is 0 Å². The third kappa shape index (κ3) is 2.75. The molecule has 1 aliphatic carbocycles. The first-order valence-electron chi connectivity index (χ1n) is 7.18. The SMILES string of the molecule is COC1CCC(c2nnc(N3C(=O)N(C)CC3O)s2)CC1. The van der Waals surface area contributed by atoms with Crippen molar-refractivity contribution in [2.24, 2.45) is 0 Å². The van der Waals surface area contributed by atoms with Crippen LogP contribution in [0.3, 0.4) is 0 Å². The van der Waals surface area contributed by atoms with Gasteiger partial charge in [0.2, 0.25) is 5.13 Å². The van der Waals surface area contributed by atoms with Crippen LogP contribution >= 0.6 is 11.3 Å². The lowest BCUT2D eigenvalue weighted by atomic mass is 9.88. The maximum atomic E-state index is 12.0. The van der Waals surface area contributed by atoms with E-state index in [4.69, 9.17) is 4.74 Å². The highest BCUT2D eigenvalue weighted by Gasteiger charge is 2.37. The molecular formula is C13H20N4O3S. The van der Waals surface area contributed by atoms with E-state index in [1.54, 1.807) is 14.2 Å². The highest BCUT2D eigenvalue weighted by atomic mass is 32.1. The number of carbonyl (C=O) groups excluding carboxylic acids is 1. The van der Waals surface area contributed by atoms with Crippen molar-refractivity contribution in [3.63, 3.8) is 0 Å². The molecule has 0 aromatic carbocycles. The average Bonchev–Trinajstić information content (AvgIpc) is 3.05. The molecule has 1 aliphatic heterocycles. The van der Waals surface area contributed by atoms with E-state index in [0.29, 0.717) is 23.7 Å². The van der Waals surface area contributed by atoms with Gasteiger partial charge in [-0.25, -0.2) is 9.69 Å². The summed E-state index contributed by atoms with van der Waals surface area (Å²) >= 11 is 1.41. The predicted molar refractivity (Wildman–Crippen MR) is 78.4 cm³/mol. The van der Waals surface area contributed by atoms with Gasteiger partial charge in [-0.15, -0.1) is 10.2 Å². The van der Waals surface area contributed by atoms with E-state index < -0.39 is 6.23 Å². The molecule has 1 aromatic rings. The number of methoxy groups -OCH3 is 1. The molecule has 2 amide bonds. The lowest BCUT2D eigenvalue weighted by molar-refractivity contribution is 0.0658. The fourth-order valence-corrected chi connectivity index (χ4v) is 4.01. The average molecular weight is 312 g/mol. The minimum absolute atomic E-state index is 0.228. The second kappa shape index (κ2) is 5.86. The van der Waals surface area contributed by atoms with Crippen LogP contribution in [0.4, 0.5) is 9.93 Å². The summed E-state index contributed by atoms with van der Waals surface area (Å²) in [7, 11) is 3.42. The molecule has 3 rings (SSSR count). The van der Waals surface area contributed by atoms with Crippen LogP contribution in [-0.4, -0.2) is 59.3 Å². The summed E-state index contributed by atoms with van der Waals surface area (Å²) < 4.78 is 5.38. The number of urea groups is 1. The van der Waals surface area contributed by atoms with Crippen LogP contribution in [0.15, 0.2) is 0 Å². The zero-order valence-corrected chi connectivity index (χ0v) is 13.0. The van der Waals surface area contributed by atoms with Gasteiger partial charge in [0.1, 0.15) is 5.01 Å². The fraction of sp³-hybridized carbons (Fsp3) is 0.769. The first kappa shape index (κ1) is 14.7.